The zero-order chi connectivity index (χ0) is 9.68. The Morgan fingerprint density at radius 1 is 1.54 bits per heavy atom. The molecule has 3 heteroatoms. The van der Waals surface area contributed by atoms with Crippen LogP contribution in [0.1, 0.15) is 12.5 Å². The van der Waals surface area contributed by atoms with Crippen molar-refractivity contribution in [2.75, 3.05) is 6.61 Å². The first-order chi connectivity index (χ1) is 6.24. The minimum absolute atomic E-state index is 0.0152. The highest BCUT2D eigenvalue weighted by atomic mass is 19.1. The molecule has 1 aromatic carbocycles. The van der Waals surface area contributed by atoms with E-state index in [2.05, 4.69) is 0 Å². The van der Waals surface area contributed by atoms with Gasteiger partial charge in [-0.1, -0.05) is 12.1 Å². The Hall–Kier alpha value is -1.56. The highest BCUT2D eigenvalue weighted by Crippen LogP contribution is 2.16. The second-order valence-corrected chi connectivity index (χ2v) is 2.70. The lowest BCUT2D eigenvalue weighted by Gasteiger charge is -2.07. The third-order valence-electron chi connectivity index (χ3n) is 1.48. The zero-order valence-electron chi connectivity index (χ0n) is 7.33. The van der Waals surface area contributed by atoms with Gasteiger partial charge in [-0.15, -0.1) is 0 Å². The lowest BCUT2D eigenvalue weighted by Crippen LogP contribution is -2.08. The van der Waals surface area contributed by atoms with Crippen molar-refractivity contribution in [1.82, 2.24) is 0 Å². The normalized spacial score (nSPS) is 11.8. The van der Waals surface area contributed by atoms with Crippen molar-refractivity contribution in [3.05, 3.63) is 29.8 Å². The topological polar surface area (TPSA) is 33.0 Å². The fraction of sp³-hybridized carbons (Fsp3) is 0.300. The van der Waals surface area contributed by atoms with E-state index in [1.807, 2.05) is 6.07 Å². The van der Waals surface area contributed by atoms with E-state index in [9.17, 15) is 4.39 Å². The van der Waals surface area contributed by atoms with Crippen molar-refractivity contribution in [2.45, 2.75) is 13.1 Å². The Kier molecular flexibility index (Phi) is 3.27. The number of alkyl halides is 1. The van der Waals surface area contributed by atoms with E-state index >= 15 is 0 Å². The van der Waals surface area contributed by atoms with Crippen molar-refractivity contribution in [3.63, 3.8) is 0 Å². The van der Waals surface area contributed by atoms with E-state index in [0.29, 0.717) is 11.3 Å². The van der Waals surface area contributed by atoms with Gasteiger partial charge in [-0.25, -0.2) is 4.39 Å². The SMILES string of the molecule is CC(F)COc1ccccc1C#N. The van der Waals surface area contributed by atoms with E-state index < -0.39 is 6.17 Å². The maximum Gasteiger partial charge on any atom is 0.137 e. The molecule has 0 aliphatic rings. The third kappa shape index (κ3) is 2.75. The fourth-order valence-corrected chi connectivity index (χ4v) is 0.889. The van der Waals surface area contributed by atoms with Crippen molar-refractivity contribution >= 4 is 0 Å². The van der Waals surface area contributed by atoms with Crippen LogP contribution >= 0.6 is 0 Å². The molecular weight excluding hydrogens is 169 g/mol. The molecule has 13 heavy (non-hydrogen) atoms. The van der Waals surface area contributed by atoms with Gasteiger partial charge in [0.1, 0.15) is 24.6 Å². The Balaban J connectivity index is 2.71. The lowest BCUT2D eigenvalue weighted by molar-refractivity contribution is 0.209. The first kappa shape index (κ1) is 9.53. The van der Waals surface area contributed by atoms with Crippen LogP contribution in [0, 0.1) is 11.3 Å². The molecule has 1 rings (SSSR count). The summed E-state index contributed by atoms with van der Waals surface area (Å²) < 4.78 is 17.5. The summed E-state index contributed by atoms with van der Waals surface area (Å²) in [6.07, 6.45) is -1.02. The van der Waals surface area contributed by atoms with Crippen LogP contribution in [0.25, 0.3) is 0 Å². The van der Waals surface area contributed by atoms with Crippen LogP contribution in [-0.2, 0) is 0 Å². The molecule has 0 heterocycles. The monoisotopic (exact) mass is 179 g/mol. The molecule has 68 valence electrons. The summed E-state index contributed by atoms with van der Waals surface area (Å²) in [4.78, 5) is 0. The molecule has 0 aliphatic carbocycles. The number of para-hydroxylation sites is 1. The maximum absolute atomic E-state index is 12.4. The van der Waals surface area contributed by atoms with E-state index in [0.717, 1.165) is 0 Å². The smallest absolute Gasteiger partial charge is 0.137 e. The van der Waals surface area contributed by atoms with Crippen molar-refractivity contribution in [1.29, 1.82) is 5.26 Å². The highest BCUT2D eigenvalue weighted by Gasteiger charge is 2.03. The number of rotatable bonds is 3. The second-order valence-electron chi connectivity index (χ2n) is 2.70. The third-order valence-corrected chi connectivity index (χ3v) is 1.48. The number of ether oxygens (including phenoxy) is 1. The minimum atomic E-state index is -1.02. The predicted octanol–water partition coefficient (Wildman–Crippen LogP) is 2.30. The van der Waals surface area contributed by atoms with E-state index in [-0.39, 0.29) is 6.61 Å². The fourth-order valence-electron chi connectivity index (χ4n) is 0.889. The van der Waals surface area contributed by atoms with Crippen LogP contribution in [-0.4, -0.2) is 12.8 Å². The molecule has 0 spiro atoms. The van der Waals surface area contributed by atoms with Crippen LogP contribution in [0.5, 0.6) is 5.75 Å². The lowest BCUT2D eigenvalue weighted by atomic mass is 10.2. The Labute approximate surface area is 76.6 Å². The molecule has 1 unspecified atom stereocenters. The molecule has 0 saturated carbocycles. The number of halogens is 1. The van der Waals surface area contributed by atoms with Crippen LogP contribution in [0.3, 0.4) is 0 Å². The second kappa shape index (κ2) is 4.46. The summed E-state index contributed by atoms with van der Waals surface area (Å²) in [5.74, 6) is 0.439. The Morgan fingerprint density at radius 2 is 2.23 bits per heavy atom. The Bertz CT molecular complexity index is 317. The van der Waals surface area contributed by atoms with Crippen molar-refractivity contribution < 1.29 is 9.13 Å². The summed E-state index contributed by atoms with van der Waals surface area (Å²) in [6.45, 7) is 1.40. The van der Waals surface area contributed by atoms with Gasteiger partial charge in [-0.05, 0) is 19.1 Å². The largest absolute Gasteiger partial charge is 0.489 e. The van der Waals surface area contributed by atoms with Crippen LogP contribution in [0.4, 0.5) is 4.39 Å². The molecular formula is C10H10FNO. The summed E-state index contributed by atoms with van der Waals surface area (Å²) in [5.41, 5.74) is 0.433. The molecule has 0 bridgehead atoms. The number of benzene rings is 1. The number of hydrogen-bond donors (Lipinski definition) is 0. The molecule has 0 radical (unpaired) electrons. The van der Waals surface area contributed by atoms with Gasteiger partial charge >= 0.3 is 0 Å². The van der Waals surface area contributed by atoms with Gasteiger partial charge in [0.15, 0.2) is 0 Å². The van der Waals surface area contributed by atoms with Crippen LogP contribution in [0.15, 0.2) is 24.3 Å². The van der Waals surface area contributed by atoms with Gasteiger partial charge in [0.25, 0.3) is 0 Å². The van der Waals surface area contributed by atoms with E-state index in [1.54, 1.807) is 24.3 Å². The summed E-state index contributed by atoms with van der Waals surface area (Å²) in [5, 5.41) is 8.66. The first-order valence-electron chi connectivity index (χ1n) is 4.00. The van der Waals surface area contributed by atoms with Crippen LogP contribution in [0.2, 0.25) is 0 Å². The first-order valence-corrected chi connectivity index (χ1v) is 4.00. The number of hydrogen-bond acceptors (Lipinski definition) is 2. The number of nitriles is 1. The summed E-state index contributed by atoms with van der Waals surface area (Å²) in [7, 11) is 0. The van der Waals surface area contributed by atoms with Gasteiger partial charge in [-0.3, -0.25) is 0 Å². The molecule has 1 atom stereocenters. The van der Waals surface area contributed by atoms with Gasteiger partial charge < -0.3 is 4.74 Å². The minimum Gasteiger partial charge on any atom is -0.489 e. The molecule has 0 aromatic heterocycles. The zero-order valence-corrected chi connectivity index (χ0v) is 7.33. The molecule has 2 nitrogen and oxygen atoms in total. The number of nitrogens with zero attached hydrogens (tertiary/aromatic N) is 1. The molecule has 0 saturated heterocycles. The van der Waals surface area contributed by atoms with Gasteiger partial charge in [-0.2, -0.15) is 5.26 Å². The van der Waals surface area contributed by atoms with Crippen molar-refractivity contribution in [2.24, 2.45) is 0 Å². The van der Waals surface area contributed by atoms with Crippen molar-refractivity contribution in [3.8, 4) is 11.8 Å². The average molecular weight is 179 g/mol. The molecule has 0 fully saturated rings. The van der Waals surface area contributed by atoms with Gasteiger partial charge in [0.05, 0.1) is 5.56 Å². The van der Waals surface area contributed by atoms with E-state index in [4.69, 9.17) is 10.00 Å². The average Bonchev–Trinajstić information content (AvgIpc) is 2.15. The van der Waals surface area contributed by atoms with Gasteiger partial charge in [0.2, 0.25) is 0 Å². The Morgan fingerprint density at radius 3 is 2.85 bits per heavy atom. The van der Waals surface area contributed by atoms with E-state index in [1.165, 1.54) is 6.92 Å². The standard InChI is InChI=1S/C10H10FNO/c1-8(11)7-13-10-5-3-2-4-9(10)6-12/h2-5,8H,7H2,1H3. The molecule has 0 N–H and O–H groups in total. The molecule has 0 aliphatic heterocycles. The highest BCUT2D eigenvalue weighted by molar-refractivity contribution is 5.42. The quantitative estimate of drug-likeness (QED) is 0.713. The van der Waals surface area contributed by atoms with Crippen LogP contribution < -0.4 is 4.74 Å². The maximum atomic E-state index is 12.4. The molecule has 1 aromatic rings. The summed E-state index contributed by atoms with van der Waals surface area (Å²) >= 11 is 0. The summed E-state index contributed by atoms with van der Waals surface area (Å²) in [6, 6.07) is 8.75. The molecule has 0 amide bonds. The van der Waals surface area contributed by atoms with Gasteiger partial charge in [0, 0.05) is 0 Å². The predicted molar refractivity (Wildman–Crippen MR) is 47.2 cm³/mol.